The van der Waals surface area contributed by atoms with Crippen molar-refractivity contribution in [2.24, 2.45) is 0 Å². The molecule has 1 atom stereocenters. The minimum Gasteiger partial charge on any atom is -0.385 e. The van der Waals surface area contributed by atoms with Crippen molar-refractivity contribution >= 4 is 15.6 Å². The van der Waals surface area contributed by atoms with Gasteiger partial charge in [0.1, 0.15) is 5.25 Å². The first-order valence-electron chi connectivity index (χ1n) is 6.32. The lowest BCUT2D eigenvalue weighted by Gasteiger charge is -2.14. The van der Waals surface area contributed by atoms with Crippen molar-refractivity contribution in [3.05, 3.63) is 35.9 Å². The van der Waals surface area contributed by atoms with E-state index in [1.54, 1.807) is 37.3 Å². The Bertz CT molecular complexity index is 493. The summed E-state index contributed by atoms with van der Waals surface area (Å²) in [6.45, 7) is 2.11. The number of benzene rings is 1. The van der Waals surface area contributed by atoms with Crippen LogP contribution in [0.5, 0.6) is 0 Å². The summed E-state index contributed by atoms with van der Waals surface area (Å²) in [5.41, 5.74) is 0.449. The van der Waals surface area contributed by atoms with Gasteiger partial charge in [0.25, 0.3) is 0 Å². The minimum absolute atomic E-state index is 0.0160. The molecule has 1 unspecified atom stereocenters. The largest absolute Gasteiger partial charge is 0.385 e. The SMILES string of the molecule is CCC(C(=O)c1ccccc1)S(=O)(=O)CCCOC. The lowest BCUT2D eigenvalue weighted by atomic mass is 10.1. The van der Waals surface area contributed by atoms with Gasteiger partial charge in [-0.3, -0.25) is 4.79 Å². The molecule has 1 rings (SSSR count). The standard InChI is InChI=1S/C14H20O4S/c1-3-13(19(16,17)11-7-10-18-2)14(15)12-8-5-4-6-9-12/h4-6,8-9,13H,3,7,10-11H2,1-2H3. The molecule has 0 aliphatic carbocycles. The van der Waals surface area contributed by atoms with Crippen LogP contribution < -0.4 is 0 Å². The molecule has 0 bridgehead atoms. The zero-order valence-corrected chi connectivity index (χ0v) is 12.2. The van der Waals surface area contributed by atoms with Gasteiger partial charge in [-0.1, -0.05) is 37.3 Å². The number of carbonyl (C=O) groups is 1. The Morgan fingerprint density at radius 3 is 2.42 bits per heavy atom. The summed E-state index contributed by atoms with van der Waals surface area (Å²) < 4.78 is 29.2. The number of sulfone groups is 1. The van der Waals surface area contributed by atoms with Crippen LogP contribution in [0.2, 0.25) is 0 Å². The summed E-state index contributed by atoms with van der Waals surface area (Å²) in [7, 11) is -1.89. The second kappa shape index (κ2) is 7.40. The van der Waals surface area contributed by atoms with Gasteiger partial charge in [0.2, 0.25) is 0 Å². The van der Waals surface area contributed by atoms with Crippen LogP contribution in [0.3, 0.4) is 0 Å². The highest BCUT2D eigenvalue weighted by molar-refractivity contribution is 7.92. The van der Waals surface area contributed by atoms with Crippen LogP contribution in [0.25, 0.3) is 0 Å². The molecule has 1 aromatic carbocycles. The smallest absolute Gasteiger partial charge is 0.180 e. The summed E-state index contributed by atoms with van der Waals surface area (Å²) in [5, 5.41) is -0.952. The molecule has 0 aliphatic rings. The fraction of sp³-hybridized carbons (Fsp3) is 0.500. The third kappa shape index (κ3) is 4.44. The number of ether oxygens (including phenoxy) is 1. The van der Waals surface area contributed by atoms with Gasteiger partial charge in [-0.15, -0.1) is 0 Å². The first kappa shape index (κ1) is 15.9. The molecule has 0 fully saturated rings. The predicted molar refractivity (Wildman–Crippen MR) is 75.1 cm³/mol. The van der Waals surface area contributed by atoms with Crippen molar-refractivity contribution in [3.8, 4) is 0 Å². The monoisotopic (exact) mass is 284 g/mol. The number of ketones is 1. The highest BCUT2D eigenvalue weighted by atomic mass is 32.2. The number of Topliss-reactive ketones (excluding diaryl/α,β-unsaturated/α-hetero) is 1. The van der Waals surface area contributed by atoms with Crippen LogP contribution in [-0.4, -0.2) is 38.9 Å². The zero-order valence-electron chi connectivity index (χ0n) is 11.3. The van der Waals surface area contributed by atoms with Gasteiger partial charge in [0, 0.05) is 19.3 Å². The Hall–Kier alpha value is -1.20. The number of carbonyl (C=O) groups excluding carboxylic acids is 1. The number of hydrogen-bond acceptors (Lipinski definition) is 4. The molecule has 0 spiro atoms. The van der Waals surface area contributed by atoms with Gasteiger partial charge in [-0.05, 0) is 12.8 Å². The van der Waals surface area contributed by atoms with E-state index in [-0.39, 0.29) is 11.5 Å². The maximum Gasteiger partial charge on any atom is 0.180 e. The van der Waals surface area contributed by atoms with E-state index in [1.807, 2.05) is 0 Å². The van der Waals surface area contributed by atoms with Gasteiger partial charge < -0.3 is 4.74 Å². The fourth-order valence-electron chi connectivity index (χ4n) is 1.94. The first-order valence-corrected chi connectivity index (χ1v) is 8.04. The number of rotatable bonds is 8. The molecule has 106 valence electrons. The molecule has 0 heterocycles. The summed E-state index contributed by atoms with van der Waals surface area (Å²) in [4.78, 5) is 12.2. The van der Waals surface area contributed by atoms with Gasteiger partial charge in [0.05, 0.1) is 5.75 Å². The van der Waals surface area contributed by atoms with E-state index in [0.29, 0.717) is 25.0 Å². The molecule has 0 saturated heterocycles. The molecule has 0 aromatic heterocycles. The number of methoxy groups -OCH3 is 1. The van der Waals surface area contributed by atoms with Crippen LogP contribution >= 0.6 is 0 Å². The maximum atomic E-state index is 12.2. The molecule has 0 aliphatic heterocycles. The van der Waals surface area contributed by atoms with E-state index in [9.17, 15) is 13.2 Å². The van der Waals surface area contributed by atoms with Gasteiger partial charge in [-0.2, -0.15) is 0 Å². The van der Waals surface area contributed by atoms with E-state index in [0.717, 1.165) is 0 Å². The molecule has 0 saturated carbocycles. The van der Waals surface area contributed by atoms with Crippen molar-refractivity contribution in [1.29, 1.82) is 0 Å². The molecular weight excluding hydrogens is 264 g/mol. The predicted octanol–water partition coefficient (Wildman–Crippen LogP) is 2.10. The lowest BCUT2D eigenvalue weighted by molar-refractivity contribution is 0.0985. The highest BCUT2D eigenvalue weighted by Gasteiger charge is 2.30. The quantitative estimate of drug-likeness (QED) is 0.542. The average Bonchev–Trinajstić information content (AvgIpc) is 2.40. The summed E-state index contributed by atoms with van der Waals surface area (Å²) in [6.07, 6.45) is 0.709. The fourth-order valence-corrected chi connectivity index (χ4v) is 3.71. The van der Waals surface area contributed by atoms with Crippen molar-refractivity contribution in [1.82, 2.24) is 0 Å². The molecular formula is C14H20O4S. The van der Waals surface area contributed by atoms with Crippen molar-refractivity contribution in [2.75, 3.05) is 19.5 Å². The van der Waals surface area contributed by atoms with E-state index in [2.05, 4.69) is 0 Å². The van der Waals surface area contributed by atoms with Crippen molar-refractivity contribution in [2.45, 2.75) is 25.0 Å². The molecule has 5 heteroatoms. The van der Waals surface area contributed by atoms with Crippen LogP contribution in [0.1, 0.15) is 30.1 Å². The second-order valence-electron chi connectivity index (χ2n) is 4.34. The summed E-state index contributed by atoms with van der Waals surface area (Å²) >= 11 is 0. The van der Waals surface area contributed by atoms with E-state index < -0.39 is 15.1 Å². The Kier molecular flexibility index (Phi) is 6.18. The number of hydrogen-bond donors (Lipinski definition) is 0. The molecule has 19 heavy (non-hydrogen) atoms. The topological polar surface area (TPSA) is 60.4 Å². The van der Waals surface area contributed by atoms with Crippen molar-refractivity contribution in [3.63, 3.8) is 0 Å². The van der Waals surface area contributed by atoms with Crippen LogP contribution in [0, 0.1) is 0 Å². The maximum absolute atomic E-state index is 12.2. The lowest BCUT2D eigenvalue weighted by Crippen LogP contribution is -2.32. The molecule has 0 amide bonds. The van der Waals surface area contributed by atoms with Gasteiger partial charge >= 0.3 is 0 Å². The van der Waals surface area contributed by atoms with Crippen LogP contribution in [-0.2, 0) is 14.6 Å². The zero-order chi connectivity index (χ0) is 14.3. The third-order valence-electron chi connectivity index (χ3n) is 2.93. The Labute approximate surface area is 114 Å². The molecule has 0 N–H and O–H groups in total. The van der Waals surface area contributed by atoms with E-state index >= 15 is 0 Å². The minimum atomic E-state index is -3.42. The Morgan fingerprint density at radius 1 is 1.26 bits per heavy atom. The first-order chi connectivity index (χ1) is 9.03. The normalized spacial score (nSPS) is 13.2. The molecule has 4 nitrogen and oxygen atoms in total. The third-order valence-corrected chi connectivity index (χ3v) is 5.20. The Balaban J connectivity index is 2.85. The second-order valence-corrected chi connectivity index (χ2v) is 6.64. The van der Waals surface area contributed by atoms with Crippen LogP contribution in [0.15, 0.2) is 30.3 Å². The average molecular weight is 284 g/mol. The van der Waals surface area contributed by atoms with E-state index in [4.69, 9.17) is 4.74 Å². The van der Waals surface area contributed by atoms with Crippen LogP contribution in [0.4, 0.5) is 0 Å². The Morgan fingerprint density at radius 2 is 1.89 bits per heavy atom. The molecule has 0 radical (unpaired) electrons. The highest BCUT2D eigenvalue weighted by Crippen LogP contribution is 2.15. The van der Waals surface area contributed by atoms with Gasteiger partial charge in [0.15, 0.2) is 15.6 Å². The summed E-state index contributed by atoms with van der Waals surface area (Å²) in [5.74, 6) is -0.335. The van der Waals surface area contributed by atoms with E-state index in [1.165, 1.54) is 7.11 Å². The summed E-state index contributed by atoms with van der Waals surface area (Å²) in [6, 6.07) is 8.56. The van der Waals surface area contributed by atoms with Gasteiger partial charge in [-0.25, -0.2) is 8.42 Å². The molecule has 1 aromatic rings. The van der Waals surface area contributed by atoms with Crippen molar-refractivity contribution < 1.29 is 17.9 Å².